The summed E-state index contributed by atoms with van der Waals surface area (Å²) in [5, 5.41) is 10.0. The molecule has 0 amide bonds. The maximum atomic E-state index is 10.0. The van der Waals surface area contributed by atoms with Crippen molar-refractivity contribution in [2.24, 2.45) is 0 Å². The largest absolute Gasteiger partial charge is 0.496 e. The maximum Gasteiger partial charge on any atom is 0.126 e. The number of benzene rings is 5. The first-order valence-corrected chi connectivity index (χ1v) is 19.5. The van der Waals surface area contributed by atoms with Crippen LogP contribution in [-0.2, 0) is 38.5 Å². The monoisotopic (exact) mass is 808 g/mol. The van der Waals surface area contributed by atoms with Gasteiger partial charge in [0.2, 0.25) is 0 Å². The molecule has 1 N–H and O–H groups in total. The molecule has 0 atom stereocenters. The molecule has 10 bridgehead atoms. The van der Waals surface area contributed by atoms with E-state index in [1.165, 1.54) is 0 Å². The summed E-state index contributed by atoms with van der Waals surface area (Å²) >= 11 is 0. The molecule has 11 heteroatoms. The molecule has 0 radical (unpaired) electrons. The highest BCUT2D eigenvalue weighted by atomic mass is 16.5. The number of ether oxygens (including phenoxy) is 10. The summed E-state index contributed by atoms with van der Waals surface area (Å²) in [5.74, 6) is 6.99. The number of rotatable bonds is 13. The lowest BCUT2D eigenvalue weighted by Gasteiger charge is -2.23. The van der Waals surface area contributed by atoms with Crippen LogP contribution in [0.2, 0.25) is 0 Å². The van der Waals surface area contributed by atoms with Crippen molar-refractivity contribution in [3.05, 3.63) is 116 Å². The van der Waals surface area contributed by atoms with Gasteiger partial charge in [-0.1, -0.05) is 0 Å². The molecule has 11 nitrogen and oxygen atoms in total. The van der Waals surface area contributed by atoms with Crippen LogP contribution in [0.15, 0.2) is 54.6 Å². The summed E-state index contributed by atoms with van der Waals surface area (Å²) in [4.78, 5) is 0. The zero-order chi connectivity index (χ0) is 42.2. The highest BCUT2D eigenvalue weighted by Gasteiger charge is 2.25. The van der Waals surface area contributed by atoms with Crippen molar-refractivity contribution in [1.29, 1.82) is 0 Å². The van der Waals surface area contributed by atoms with Gasteiger partial charge in [0.25, 0.3) is 0 Å². The molecule has 0 unspecified atom stereocenters. The molecule has 10 aliphatic rings. The lowest BCUT2D eigenvalue weighted by atomic mass is 9.89. The normalized spacial score (nSPS) is 12.2. The first-order chi connectivity index (χ1) is 28.7. The molecule has 0 aromatic heterocycles. The predicted molar refractivity (Wildman–Crippen MR) is 227 cm³/mol. The van der Waals surface area contributed by atoms with Crippen LogP contribution in [0.1, 0.15) is 67.6 Å². The van der Waals surface area contributed by atoms with E-state index in [1.54, 1.807) is 71.1 Å². The van der Waals surface area contributed by atoms with Gasteiger partial charge in [-0.3, -0.25) is 0 Å². The molecule has 0 heterocycles. The minimum Gasteiger partial charge on any atom is -0.496 e. The first-order valence-electron chi connectivity index (χ1n) is 19.5. The summed E-state index contributed by atoms with van der Waals surface area (Å²) in [6.45, 7) is 0.0159. The molecule has 0 spiro atoms. The van der Waals surface area contributed by atoms with Crippen molar-refractivity contribution < 1.29 is 52.5 Å². The Kier molecular flexibility index (Phi) is 13.9. The van der Waals surface area contributed by atoms with E-state index in [4.69, 9.17) is 47.4 Å². The Morgan fingerprint density at radius 2 is 0.593 bits per heavy atom. The molecule has 15 rings (SSSR count). The molecule has 5 aromatic carbocycles. The molecular weight excluding hydrogens is 753 g/mol. The van der Waals surface area contributed by atoms with Crippen molar-refractivity contribution in [3.63, 3.8) is 0 Å². The predicted octanol–water partition coefficient (Wildman–Crippen LogP) is 7.96. The number of methoxy groups -OCH3 is 10. The maximum absolute atomic E-state index is 10.0. The second kappa shape index (κ2) is 19.2. The van der Waals surface area contributed by atoms with Crippen molar-refractivity contribution in [2.75, 3.05) is 77.7 Å². The number of hydrogen-bond donors (Lipinski definition) is 1. The topological polar surface area (TPSA) is 113 Å². The van der Waals surface area contributed by atoms with E-state index in [-0.39, 0.29) is 6.61 Å². The second-order valence-electron chi connectivity index (χ2n) is 14.3. The third-order valence-electron chi connectivity index (χ3n) is 11.2. The molecule has 314 valence electrons. The van der Waals surface area contributed by atoms with E-state index in [0.29, 0.717) is 102 Å². The summed E-state index contributed by atoms with van der Waals surface area (Å²) in [6.07, 6.45) is 3.43. The van der Waals surface area contributed by atoms with Crippen LogP contribution in [-0.4, -0.2) is 82.8 Å². The van der Waals surface area contributed by atoms with Crippen LogP contribution in [0.3, 0.4) is 0 Å². The van der Waals surface area contributed by atoms with Crippen LogP contribution >= 0.6 is 0 Å². The third-order valence-corrected chi connectivity index (χ3v) is 11.2. The van der Waals surface area contributed by atoms with E-state index < -0.39 is 0 Å². The molecule has 5 aromatic rings. The Hall–Kier alpha value is -5.94. The van der Waals surface area contributed by atoms with Crippen LogP contribution in [0, 0.1) is 0 Å². The zero-order valence-corrected chi connectivity index (χ0v) is 35.9. The van der Waals surface area contributed by atoms with E-state index in [9.17, 15) is 5.11 Å². The van der Waals surface area contributed by atoms with Crippen LogP contribution in [0.5, 0.6) is 57.5 Å². The lowest BCUT2D eigenvalue weighted by molar-refractivity contribution is 0.287. The van der Waals surface area contributed by atoms with Gasteiger partial charge in [-0.05, 0) is 67.4 Å². The van der Waals surface area contributed by atoms with Gasteiger partial charge in [0, 0.05) is 99.9 Å². The van der Waals surface area contributed by atoms with Crippen molar-refractivity contribution in [1.82, 2.24) is 0 Å². The Bertz CT molecular complexity index is 2280. The quantitative estimate of drug-likeness (QED) is 0.123. The highest BCUT2D eigenvalue weighted by molar-refractivity contribution is 5.61. The van der Waals surface area contributed by atoms with Gasteiger partial charge in [0.05, 0.1) is 71.1 Å². The van der Waals surface area contributed by atoms with Gasteiger partial charge in [-0.15, -0.1) is 0 Å². The van der Waals surface area contributed by atoms with Gasteiger partial charge in [-0.2, -0.15) is 0 Å². The Morgan fingerprint density at radius 3 is 0.847 bits per heavy atom. The standard InChI is InChI=1S/C48H56O11/c1-50-39-21-30-15-32-23-44(55-6)34(25-43(32)54-5)17-36-27-47(58-9)38(37(12-11-13-49)48(36)59-10)18-35-26-45(56-7)33(24-46(35)57-8)16-31-22-41(52-3)29(20-42(31)53-4)14-28(39)19-40(30)51-2/h19-27,49H,11-18H2,1-10H3. The summed E-state index contributed by atoms with van der Waals surface area (Å²) in [7, 11) is 16.7. The van der Waals surface area contributed by atoms with Gasteiger partial charge in [-0.25, -0.2) is 0 Å². The number of aliphatic hydroxyl groups is 1. The average Bonchev–Trinajstić information content (AvgIpc) is 3.26. The second-order valence-corrected chi connectivity index (χ2v) is 14.3. The Morgan fingerprint density at radius 1 is 0.339 bits per heavy atom. The fourth-order valence-corrected chi connectivity index (χ4v) is 8.29. The van der Waals surface area contributed by atoms with Crippen LogP contribution < -0.4 is 47.4 Å². The lowest BCUT2D eigenvalue weighted by Crippen LogP contribution is -2.09. The summed E-state index contributed by atoms with van der Waals surface area (Å²) < 4.78 is 60.6. The molecule has 0 aliphatic heterocycles. The van der Waals surface area contributed by atoms with E-state index in [1.807, 2.05) is 54.6 Å². The summed E-state index contributed by atoms with van der Waals surface area (Å²) in [5.41, 5.74) is 10.0. The van der Waals surface area contributed by atoms with E-state index in [2.05, 4.69) is 0 Å². The Balaban J connectivity index is 1.65. The van der Waals surface area contributed by atoms with Crippen molar-refractivity contribution >= 4 is 0 Å². The third kappa shape index (κ3) is 8.76. The molecule has 0 saturated heterocycles. The van der Waals surface area contributed by atoms with E-state index >= 15 is 0 Å². The molecule has 10 aliphatic carbocycles. The zero-order valence-electron chi connectivity index (χ0n) is 35.9. The minimum atomic E-state index is 0.0159. The fraction of sp³-hybridized carbons (Fsp3) is 0.375. The van der Waals surface area contributed by atoms with Gasteiger partial charge < -0.3 is 52.5 Å². The minimum absolute atomic E-state index is 0.0159. The molecular formula is C48H56O11. The van der Waals surface area contributed by atoms with E-state index in [0.717, 1.165) is 61.2 Å². The van der Waals surface area contributed by atoms with Gasteiger partial charge >= 0.3 is 0 Å². The van der Waals surface area contributed by atoms with Crippen molar-refractivity contribution in [3.8, 4) is 57.5 Å². The molecule has 0 fully saturated rings. The Labute approximate surface area is 347 Å². The average molecular weight is 809 g/mol. The highest BCUT2D eigenvalue weighted by Crippen LogP contribution is 2.44. The van der Waals surface area contributed by atoms with Crippen LogP contribution in [0.25, 0.3) is 0 Å². The van der Waals surface area contributed by atoms with Crippen LogP contribution in [0.4, 0.5) is 0 Å². The summed E-state index contributed by atoms with van der Waals surface area (Å²) in [6, 6.07) is 18.2. The first kappa shape index (κ1) is 42.7. The van der Waals surface area contributed by atoms with Gasteiger partial charge in [0.1, 0.15) is 57.5 Å². The molecule has 0 saturated carbocycles. The number of hydrogen-bond acceptors (Lipinski definition) is 11. The number of aliphatic hydroxyl groups excluding tert-OH is 1. The molecule has 59 heavy (non-hydrogen) atoms. The smallest absolute Gasteiger partial charge is 0.126 e. The fourth-order valence-electron chi connectivity index (χ4n) is 8.29. The van der Waals surface area contributed by atoms with Crippen molar-refractivity contribution in [2.45, 2.75) is 44.9 Å². The van der Waals surface area contributed by atoms with Gasteiger partial charge in [0.15, 0.2) is 0 Å². The SMILES string of the molecule is COc1cc2c(OC)cc1Cc1cc(OC)c(cc1OC)Cc1cc(OC)c(cc1OC)Cc1c(OC)cc(c(OC)c1CCCO)Cc1cc(OC)c(cc1OC)C2.